The molecule has 0 saturated carbocycles. The predicted octanol–water partition coefficient (Wildman–Crippen LogP) is 2.34. The molecule has 28 heavy (non-hydrogen) atoms. The second-order valence-electron chi connectivity index (χ2n) is 7.35. The minimum atomic E-state index is -0.288. The third kappa shape index (κ3) is 5.47. The molecule has 1 fully saturated rings. The molecule has 1 aliphatic heterocycles. The number of ether oxygens (including phenoxy) is 1. The van der Waals surface area contributed by atoms with Gasteiger partial charge in [0, 0.05) is 38.8 Å². The van der Waals surface area contributed by atoms with E-state index in [9.17, 15) is 9.90 Å². The standard InChI is InChI=1S/C22H29N3O3/c1-17(25-12-10-24(2)11-13-25)15-23-22(27)20-14-19(8-9-21(20)26)28-16-18-6-4-3-5-7-18/h3-9,14,17,26H,10-13,15-16H2,1-2H3,(H,23,27). The summed E-state index contributed by atoms with van der Waals surface area (Å²) in [5.41, 5.74) is 1.28. The molecule has 1 atom stereocenters. The lowest BCUT2D eigenvalue weighted by molar-refractivity contribution is 0.0900. The molecule has 0 aromatic heterocycles. The third-order valence-corrected chi connectivity index (χ3v) is 5.18. The summed E-state index contributed by atoms with van der Waals surface area (Å²) in [5.74, 6) is 0.222. The van der Waals surface area contributed by atoms with Crippen LogP contribution in [0.3, 0.4) is 0 Å². The number of hydrogen-bond donors (Lipinski definition) is 2. The Labute approximate surface area is 166 Å². The normalized spacial score (nSPS) is 16.5. The number of nitrogens with zero attached hydrogens (tertiary/aromatic N) is 2. The van der Waals surface area contributed by atoms with Crippen LogP contribution in [0.5, 0.6) is 11.5 Å². The van der Waals surface area contributed by atoms with Crippen LogP contribution in [0.2, 0.25) is 0 Å². The highest BCUT2D eigenvalue weighted by Gasteiger charge is 2.20. The highest BCUT2D eigenvalue weighted by molar-refractivity contribution is 5.97. The average Bonchev–Trinajstić information content (AvgIpc) is 2.72. The van der Waals surface area contributed by atoms with Crippen LogP contribution in [0.4, 0.5) is 0 Å². The molecule has 1 amide bonds. The Morgan fingerprint density at radius 2 is 1.86 bits per heavy atom. The highest BCUT2D eigenvalue weighted by Crippen LogP contribution is 2.23. The van der Waals surface area contributed by atoms with Crippen molar-refractivity contribution in [2.24, 2.45) is 0 Å². The Hall–Kier alpha value is -2.57. The summed E-state index contributed by atoms with van der Waals surface area (Å²) >= 11 is 0. The van der Waals surface area contributed by atoms with Crippen LogP contribution < -0.4 is 10.1 Å². The minimum Gasteiger partial charge on any atom is -0.507 e. The molecule has 1 saturated heterocycles. The zero-order chi connectivity index (χ0) is 19.9. The highest BCUT2D eigenvalue weighted by atomic mass is 16.5. The molecule has 0 aliphatic carbocycles. The zero-order valence-corrected chi connectivity index (χ0v) is 16.6. The lowest BCUT2D eigenvalue weighted by Gasteiger charge is -2.36. The molecule has 0 bridgehead atoms. The lowest BCUT2D eigenvalue weighted by Crippen LogP contribution is -2.51. The van der Waals surface area contributed by atoms with Gasteiger partial charge in [0.1, 0.15) is 18.1 Å². The fourth-order valence-corrected chi connectivity index (χ4v) is 3.26. The van der Waals surface area contributed by atoms with E-state index in [0.29, 0.717) is 18.9 Å². The van der Waals surface area contributed by atoms with Crippen LogP contribution in [0.25, 0.3) is 0 Å². The molecule has 6 nitrogen and oxygen atoms in total. The van der Waals surface area contributed by atoms with E-state index in [1.807, 2.05) is 30.3 Å². The van der Waals surface area contributed by atoms with Gasteiger partial charge in [-0.15, -0.1) is 0 Å². The number of phenols is 1. The maximum absolute atomic E-state index is 12.6. The van der Waals surface area contributed by atoms with Crippen LogP contribution in [0, 0.1) is 0 Å². The largest absolute Gasteiger partial charge is 0.507 e. The van der Waals surface area contributed by atoms with Gasteiger partial charge < -0.3 is 20.1 Å². The van der Waals surface area contributed by atoms with E-state index in [2.05, 4.69) is 29.1 Å². The van der Waals surface area contributed by atoms with Gasteiger partial charge in [0.25, 0.3) is 5.91 Å². The quantitative estimate of drug-likeness (QED) is 0.768. The van der Waals surface area contributed by atoms with E-state index in [4.69, 9.17) is 4.74 Å². The van der Waals surface area contributed by atoms with Crippen molar-refractivity contribution >= 4 is 5.91 Å². The van der Waals surface area contributed by atoms with Crippen molar-refractivity contribution in [3.63, 3.8) is 0 Å². The van der Waals surface area contributed by atoms with Crippen molar-refractivity contribution in [3.05, 3.63) is 59.7 Å². The van der Waals surface area contributed by atoms with Gasteiger partial charge in [-0.25, -0.2) is 0 Å². The minimum absolute atomic E-state index is 0.0446. The molecular weight excluding hydrogens is 354 g/mol. The van der Waals surface area contributed by atoms with Crippen molar-refractivity contribution in [2.45, 2.75) is 19.6 Å². The van der Waals surface area contributed by atoms with Crippen molar-refractivity contribution in [3.8, 4) is 11.5 Å². The molecule has 0 radical (unpaired) electrons. The molecule has 0 spiro atoms. The molecule has 6 heteroatoms. The van der Waals surface area contributed by atoms with Crippen LogP contribution in [-0.4, -0.2) is 66.6 Å². The first-order valence-corrected chi connectivity index (χ1v) is 9.73. The lowest BCUT2D eigenvalue weighted by atomic mass is 10.1. The summed E-state index contributed by atoms with van der Waals surface area (Å²) in [6.45, 7) is 7.15. The van der Waals surface area contributed by atoms with Crippen LogP contribution in [0.15, 0.2) is 48.5 Å². The number of benzene rings is 2. The number of hydrogen-bond acceptors (Lipinski definition) is 5. The monoisotopic (exact) mass is 383 g/mol. The van der Waals surface area contributed by atoms with Crippen molar-refractivity contribution < 1.29 is 14.6 Å². The summed E-state index contributed by atoms with van der Waals surface area (Å²) in [7, 11) is 2.12. The maximum Gasteiger partial charge on any atom is 0.255 e. The fourth-order valence-electron chi connectivity index (χ4n) is 3.26. The SMILES string of the molecule is CC(CNC(=O)c1cc(OCc2ccccc2)ccc1O)N1CCN(C)CC1. The van der Waals surface area contributed by atoms with Gasteiger partial charge in [-0.3, -0.25) is 9.69 Å². The van der Waals surface area contributed by atoms with Gasteiger partial charge in [0.2, 0.25) is 0 Å². The van der Waals surface area contributed by atoms with Gasteiger partial charge in [-0.1, -0.05) is 30.3 Å². The summed E-state index contributed by atoms with van der Waals surface area (Å²) in [5, 5.41) is 13.0. The first-order chi connectivity index (χ1) is 13.5. The molecular formula is C22H29N3O3. The first kappa shape index (κ1) is 20.2. The van der Waals surface area contributed by atoms with Gasteiger partial charge in [0.05, 0.1) is 5.56 Å². The van der Waals surface area contributed by atoms with E-state index in [-0.39, 0.29) is 23.3 Å². The summed E-state index contributed by atoms with van der Waals surface area (Å²) in [6.07, 6.45) is 0. The number of aromatic hydroxyl groups is 1. The van der Waals surface area contributed by atoms with Gasteiger partial charge >= 0.3 is 0 Å². The topological polar surface area (TPSA) is 65.0 Å². The smallest absolute Gasteiger partial charge is 0.255 e. The molecule has 1 aliphatic rings. The molecule has 2 aromatic carbocycles. The van der Waals surface area contributed by atoms with Crippen LogP contribution in [-0.2, 0) is 6.61 Å². The first-order valence-electron chi connectivity index (χ1n) is 9.73. The van der Waals surface area contributed by atoms with Crippen LogP contribution >= 0.6 is 0 Å². The fraction of sp³-hybridized carbons (Fsp3) is 0.409. The maximum atomic E-state index is 12.6. The zero-order valence-electron chi connectivity index (χ0n) is 16.6. The second-order valence-corrected chi connectivity index (χ2v) is 7.35. The molecule has 1 heterocycles. The van der Waals surface area contributed by atoms with E-state index < -0.39 is 0 Å². The summed E-state index contributed by atoms with van der Waals surface area (Å²) in [4.78, 5) is 17.3. The number of amides is 1. The molecule has 1 unspecified atom stereocenters. The number of carbonyl (C=O) groups is 1. The molecule has 2 N–H and O–H groups in total. The Morgan fingerprint density at radius 3 is 2.57 bits per heavy atom. The molecule has 2 aromatic rings. The Balaban J connectivity index is 1.55. The van der Waals surface area contributed by atoms with E-state index in [1.54, 1.807) is 12.1 Å². The third-order valence-electron chi connectivity index (χ3n) is 5.18. The van der Waals surface area contributed by atoms with E-state index in [0.717, 1.165) is 31.7 Å². The van der Waals surface area contributed by atoms with Gasteiger partial charge in [-0.05, 0) is 37.7 Å². The second kappa shape index (κ2) is 9.57. The summed E-state index contributed by atoms with van der Waals surface area (Å²) < 4.78 is 5.76. The van der Waals surface area contributed by atoms with E-state index in [1.165, 1.54) is 6.07 Å². The number of nitrogens with one attached hydrogen (secondary N) is 1. The van der Waals surface area contributed by atoms with Gasteiger partial charge in [-0.2, -0.15) is 0 Å². The van der Waals surface area contributed by atoms with E-state index >= 15 is 0 Å². The number of piperazine rings is 1. The molecule has 150 valence electrons. The number of rotatable bonds is 7. The van der Waals surface area contributed by atoms with Gasteiger partial charge in [0.15, 0.2) is 0 Å². The van der Waals surface area contributed by atoms with Crippen molar-refractivity contribution in [1.82, 2.24) is 15.1 Å². The number of phenolic OH excluding ortho intramolecular Hbond substituents is 1. The van der Waals surface area contributed by atoms with Crippen molar-refractivity contribution in [1.29, 1.82) is 0 Å². The van der Waals surface area contributed by atoms with Crippen molar-refractivity contribution in [2.75, 3.05) is 39.8 Å². The number of carbonyl (C=O) groups excluding carboxylic acids is 1. The Bertz CT molecular complexity index is 774. The average molecular weight is 383 g/mol. The summed E-state index contributed by atoms with van der Waals surface area (Å²) in [6, 6.07) is 14.8. The Kier molecular flexibility index (Phi) is 6.90. The van der Waals surface area contributed by atoms with Crippen LogP contribution in [0.1, 0.15) is 22.8 Å². The molecule has 3 rings (SSSR count). The Morgan fingerprint density at radius 1 is 1.14 bits per heavy atom. The number of likely N-dealkylation sites (N-methyl/N-ethyl adjacent to an activating group) is 1. The predicted molar refractivity (Wildman–Crippen MR) is 110 cm³/mol.